The van der Waals surface area contributed by atoms with Gasteiger partial charge < -0.3 is 25.4 Å². The lowest BCUT2D eigenvalue weighted by Gasteiger charge is -2.13. The van der Waals surface area contributed by atoms with E-state index in [9.17, 15) is 4.79 Å². The van der Waals surface area contributed by atoms with Gasteiger partial charge in [0.05, 0.1) is 26.3 Å². The number of hydrogen-bond acceptors (Lipinski definition) is 4. The fraction of sp³-hybridized carbons (Fsp3) is 0.556. The molecule has 1 aromatic rings. The first-order valence-electron chi connectivity index (χ1n) is 8.60. The molecule has 1 rings (SSSR count). The Labute approximate surface area is 150 Å². The summed E-state index contributed by atoms with van der Waals surface area (Å²) < 4.78 is 10.6. The van der Waals surface area contributed by atoms with Crippen LogP contribution in [0.3, 0.4) is 0 Å². The molecule has 0 fully saturated rings. The lowest BCUT2D eigenvalue weighted by atomic mass is 10.1. The molecule has 25 heavy (non-hydrogen) atoms. The molecule has 0 aliphatic carbocycles. The first-order valence-corrected chi connectivity index (χ1v) is 8.60. The van der Waals surface area contributed by atoms with Crippen molar-refractivity contribution in [3.63, 3.8) is 0 Å². The maximum Gasteiger partial charge on any atom is 0.239 e. The van der Waals surface area contributed by atoms with Crippen LogP contribution in [0.15, 0.2) is 23.2 Å². The number of nitrogens with one attached hydrogen (secondary N) is 3. The number of guanidine groups is 1. The van der Waals surface area contributed by atoms with Crippen molar-refractivity contribution in [2.75, 3.05) is 40.0 Å². The van der Waals surface area contributed by atoms with E-state index in [0.717, 1.165) is 16.9 Å². The Balaban J connectivity index is 2.64. The molecule has 3 N–H and O–H groups in total. The van der Waals surface area contributed by atoms with E-state index in [4.69, 9.17) is 9.47 Å². The highest BCUT2D eigenvalue weighted by Crippen LogP contribution is 2.21. The lowest BCUT2D eigenvalue weighted by molar-refractivity contribution is -0.120. The summed E-state index contributed by atoms with van der Waals surface area (Å²) in [7, 11) is 1.60. The number of aliphatic imine (C=N–C) groups is 1. The second-order valence-electron chi connectivity index (χ2n) is 5.44. The van der Waals surface area contributed by atoms with E-state index in [2.05, 4.69) is 20.9 Å². The van der Waals surface area contributed by atoms with E-state index < -0.39 is 0 Å². The summed E-state index contributed by atoms with van der Waals surface area (Å²) in [5, 5.41) is 8.92. The van der Waals surface area contributed by atoms with Crippen LogP contribution in [-0.2, 0) is 16.1 Å². The zero-order valence-electron chi connectivity index (χ0n) is 15.6. The Hall–Kier alpha value is -2.28. The Morgan fingerprint density at radius 3 is 2.68 bits per heavy atom. The molecule has 140 valence electrons. The van der Waals surface area contributed by atoms with Crippen LogP contribution in [0.2, 0.25) is 0 Å². The Morgan fingerprint density at radius 1 is 1.20 bits per heavy atom. The SMILES string of the molecule is CCNC(=NCc1ccc(C)cc1OCC)NCC(=O)NCCOC. The molecule has 7 heteroatoms. The molecule has 0 unspecified atom stereocenters. The quantitative estimate of drug-likeness (QED) is 0.336. The third kappa shape index (κ3) is 8.39. The highest BCUT2D eigenvalue weighted by molar-refractivity contribution is 5.86. The van der Waals surface area contributed by atoms with Crippen LogP contribution in [0.4, 0.5) is 0 Å². The van der Waals surface area contributed by atoms with E-state index in [0.29, 0.717) is 38.8 Å². The predicted molar refractivity (Wildman–Crippen MR) is 100 cm³/mol. The summed E-state index contributed by atoms with van der Waals surface area (Å²) in [6, 6.07) is 6.07. The second-order valence-corrected chi connectivity index (χ2v) is 5.44. The molecule has 0 aliphatic rings. The number of methoxy groups -OCH3 is 1. The van der Waals surface area contributed by atoms with Gasteiger partial charge in [-0.15, -0.1) is 0 Å². The van der Waals surface area contributed by atoms with Gasteiger partial charge in [0, 0.05) is 25.8 Å². The molecule has 7 nitrogen and oxygen atoms in total. The lowest BCUT2D eigenvalue weighted by Crippen LogP contribution is -2.43. The van der Waals surface area contributed by atoms with Gasteiger partial charge in [-0.1, -0.05) is 12.1 Å². The zero-order valence-corrected chi connectivity index (χ0v) is 15.6. The maximum atomic E-state index is 11.7. The second kappa shape index (κ2) is 12.1. The molecule has 0 atom stereocenters. The molecule has 0 radical (unpaired) electrons. The molecule has 0 bridgehead atoms. The topological polar surface area (TPSA) is 84.0 Å². The van der Waals surface area contributed by atoms with Gasteiger partial charge in [0.15, 0.2) is 5.96 Å². The largest absolute Gasteiger partial charge is 0.494 e. The van der Waals surface area contributed by atoms with Crippen molar-refractivity contribution in [2.45, 2.75) is 27.3 Å². The number of aryl methyl sites for hydroxylation is 1. The van der Waals surface area contributed by atoms with Crippen LogP contribution in [0.5, 0.6) is 5.75 Å². The van der Waals surface area contributed by atoms with Crippen molar-refractivity contribution < 1.29 is 14.3 Å². The van der Waals surface area contributed by atoms with E-state index in [1.54, 1.807) is 7.11 Å². The average Bonchev–Trinajstić information content (AvgIpc) is 2.59. The summed E-state index contributed by atoms with van der Waals surface area (Å²) in [5.41, 5.74) is 2.16. The summed E-state index contributed by atoms with van der Waals surface area (Å²) in [6.07, 6.45) is 0. The van der Waals surface area contributed by atoms with E-state index >= 15 is 0 Å². The summed E-state index contributed by atoms with van der Waals surface area (Å²) in [4.78, 5) is 16.3. The van der Waals surface area contributed by atoms with Crippen molar-refractivity contribution >= 4 is 11.9 Å². The van der Waals surface area contributed by atoms with Gasteiger partial charge >= 0.3 is 0 Å². The number of ether oxygens (including phenoxy) is 2. The number of carbonyl (C=O) groups is 1. The average molecular weight is 350 g/mol. The first-order chi connectivity index (χ1) is 12.1. The van der Waals surface area contributed by atoms with Gasteiger partial charge in [-0.2, -0.15) is 0 Å². The molecule has 0 saturated heterocycles. The van der Waals surface area contributed by atoms with Gasteiger partial charge in [-0.25, -0.2) is 4.99 Å². The smallest absolute Gasteiger partial charge is 0.239 e. The fourth-order valence-electron chi connectivity index (χ4n) is 2.11. The van der Waals surface area contributed by atoms with Crippen LogP contribution >= 0.6 is 0 Å². The summed E-state index contributed by atoms with van der Waals surface area (Å²) in [5.74, 6) is 1.33. The minimum absolute atomic E-state index is 0.104. The van der Waals surface area contributed by atoms with E-state index in [1.165, 1.54) is 0 Å². The van der Waals surface area contributed by atoms with Gasteiger partial charge in [0.1, 0.15) is 5.75 Å². The normalized spacial score (nSPS) is 11.1. The monoisotopic (exact) mass is 350 g/mol. The van der Waals surface area contributed by atoms with Gasteiger partial charge in [0.25, 0.3) is 0 Å². The van der Waals surface area contributed by atoms with Crippen molar-refractivity contribution in [3.05, 3.63) is 29.3 Å². The molecular weight excluding hydrogens is 320 g/mol. The first kappa shape index (κ1) is 20.8. The number of hydrogen-bond donors (Lipinski definition) is 3. The Morgan fingerprint density at radius 2 is 2.00 bits per heavy atom. The van der Waals surface area contributed by atoms with Crippen LogP contribution in [-0.4, -0.2) is 51.8 Å². The van der Waals surface area contributed by atoms with Crippen molar-refractivity contribution in [1.29, 1.82) is 0 Å². The molecule has 1 amide bonds. The summed E-state index contributed by atoms with van der Waals surface area (Å²) >= 11 is 0. The van der Waals surface area contributed by atoms with E-state index in [1.807, 2.05) is 39.0 Å². The van der Waals surface area contributed by atoms with Crippen LogP contribution < -0.4 is 20.7 Å². The Bertz CT molecular complexity index is 561. The number of benzene rings is 1. The van der Waals surface area contributed by atoms with Crippen molar-refractivity contribution in [2.24, 2.45) is 4.99 Å². The van der Waals surface area contributed by atoms with Gasteiger partial charge in [-0.05, 0) is 32.4 Å². The molecule has 0 aromatic heterocycles. The van der Waals surface area contributed by atoms with Crippen LogP contribution in [0.25, 0.3) is 0 Å². The standard InChI is InChI=1S/C18H30N4O3/c1-5-19-18(22-13-17(23)20-9-10-24-4)21-12-15-8-7-14(3)11-16(15)25-6-2/h7-8,11H,5-6,9-10,12-13H2,1-4H3,(H,20,23)(H2,19,21,22). The van der Waals surface area contributed by atoms with E-state index in [-0.39, 0.29) is 12.5 Å². The molecule has 0 spiro atoms. The number of amides is 1. The predicted octanol–water partition coefficient (Wildman–Crippen LogP) is 1.21. The zero-order chi connectivity index (χ0) is 18.5. The highest BCUT2D eigenvalue weighted by atomic mass is 16.5. The number of rotatable bonds is 10. The third-order valence-electron chi connectivity index (χ3n) is 3.32. The molecule has 0 aliphatic heterocycles. The molecule has 1 aromatic carbocycles. The van der Waals surface area contributed by atoms with Gasteiger partial charge in [-0.3, -0.25) is 4.79 Å². The van der Waals surface area contributed by atoms with Gasteiger partial charge in [0.2, 0.25) is 5.91 Å². The maximum absolute atomic E-state index is 11.7. The number of carbonyl (C=O) groups excluding carboxylic acids is 1. The molecule has 0 heterocycles. The minimum Gasteiger partial charge on any atom is -0.494 e. The minimum atomic E-state index is -0.104. The Kier molecular flexibility index (Phi) is 10.1. The van der Waals surface area contributed by atoms with Crippen molar-refractivity contribution in [3.8, 4) is 5.75 Å². The molecule has 0 saturated carbocycles. The fourth-order valence-corrected chi connectivity index (χ4v) is 2.11. The van der Waals surface area contributed by atoms with Crippen LogP contribution in [0, 0.1) is 6.92 Å². The third-order valence-corrected chi connectivity index (χ3v) is 3.32. The number of nitrogens with zero attached hydrogens (tertiary/aromatic N) is 1. The van der Waals surface area contributed by atoms with Crippen molar-refractivity contribution in [1.82, 2.24) is 16.0 Å². The molecular formula is C18H30N4O3. The summed E-state index contributed by atoms with van der Waals surface area (Å²) in [6.45, 7) is 8.90. The van der Waals surface area contributed by atoms with Crippen LogP contribution in [0.1, 0.15) is 25.0 Å². The highest BCUT2D eigenvalue weighted by Gasteiger charge is 2.06.